The van der Waals surface area contributed by atoms with Crippen molar-refractivity contribution in [2.75, 3.05) is 6.54 Å². The maximum Gasteiger partial charge on any atom is 0.315 e. The van der Waals surface area contributed by atoms with Crippen molar-refractivity contribution in [3.05, 3.63) is 12.7 Å². The molecule has 17 heavy (non-hydrogen) atoms. The van der Waals surface area contributed by atoms with Crippen LogP contribution in [0.2, 0.25) is 0 Å². The quantitative estimate of drug-likeness (QED) is 0.490. The standard InChI is InChI=1S/C12H22N2O3/c1-5-6-7-13-11(17)14-9(8-10(15)16)12(2,3)4/h5,9H,1,6-8H2,2-4H3,(H,15,16)(H2,13,14,17). The van der Waals surface area contributed by atoms with E-state index in [1.807, 2.05) is 20.8 Å². The Morgan fingerprint density at radius 2 is 2.00 bits per heavy atom. The number of hydrogen-bond acceptors (Lipinski definition) is 2. The van der Waals surface area contributed by atoms with Crippen LogP contribution in [-0.4, -0.2) is 29.7 Å². The van der Waals surface area contributed by atoms with Crippen LogP contribution in [0.3, 0.4) is 0 Å². The summed E-state index contributed by atoms with van der Waals surface area (Å²) in [4.78, 5) is 22.2. The van der Waals surface area contributed by atoms with Crippen LogP contribution >= 0.6 is 0 Å². The number of urea groups is 1. The highest BCUT2D eigenvalue weighted by Gasteiger charge is 2.28. The zero-order chi connectivity index (χ0) is 13.5. The van der Waals surface area contributed by atoms with Crippen LogP contribution in [0.25, 0.3) is 0 Å². The van der Waals surface area contributed by atoms with Crippen molar-refractivity contribution in [2.24, 2.45) is 5.41 Å². The van der Waals surface area contributed by atoms with Gasteiger partial charge in [-0.2, -0.15) is 0 Å². The van der Waals surface area contributed by atoms with Crippen LogP contribution in [0.1, 0.15) is 33.6 Å². The molecule has 0 spiro atoms. The number of carbonyl (C=O) groups excluding carboxylic acids is 1. The number of amides is 2. The lowest BCUT2D eigenvalue weighted by Crippen LogP contribution is -2.49. The molecule has 0 aliphatic carbocycles. The van der Waals surface area contributed by atoms with Gasteiger partial charge in [0.25, 0.3) is 0 Å². The van der Waals surface area contributed by atoms with Crippen molar-refractivity contribution in [1.82, 2.24) is 10.6 Å². The lowest BCUT2D eigenvalue weighted by molar-refractivity contribution is -0.138. The van der Waals surface area contributed by atoms with Crippen LogP contribution in [-0.2, 0) is 4.79 Å². The van der Waals surface area contributed by atoms with E-state index in [0.717, 1.165) is 0 Å². The number of nitrogens with one attached hydrogen (secondary N) is 2. The highest BCUT2D eigenvalue weighted by atomic mass is 16.4. The van der Waals surface area contributed by atoms with Gasteiger partial charge in [0, 0.05) is 12.6 Å². The molecule has 5 nitrogen and oxygen atoms in total. The van der Waals surface area contributed by atoms with Crippen LogP contribution in [0.5, 0.6) is 0 Å². The summed E-state index contributed by atoms with van der Waals surface area (Å²) in [5.74, 6) is -0.920. The Bertz CT molecular complexity index is 282. The average molecular weight is 242 g/mol. The van der Waals surface area contributed by atoms with Crippen LogP contribution in [0.4, 0.5) is 4.79 Å². The second-order valence-electron chi connectivity index (χ2n) is 4.99. The fourth-order valence-electron chi connectivity index (χ4n) is 1.25. The van der Waals surface area contributed by atoms with Gasteiger partial charge in [-0.05, 0) is 11.8 Å². The second kappa shape index (κ2) is 6.93. The summed E-state index contributed by atoms with van der Waals surface area (Å²) in [5, 5.41) is 14.1. The van der Waals surface area contributed by atoms with E-state index in [2.05, 4.69) is 17.2 Å². The highest BCUT2D eigenvalue weighted by molar-refractivity contribution is 5.75. The third kappa shape index (κ3) is 7.38. The lowest BCUT2D eigenvalue weighted by atomic mass is 9.85. The minimum absolute atomic E-state index is 0.0849. The predicted octanol–water partition coefficient (Wildman–Crippen LogP) is 1.75. The maximum atomic E-state index is 11.5. The van der Waals surface area contributed by atoms with Gasteiger partial charge in [0.05, 0.1) is 6.42 Å². The van der Waals surface area contributed by atoms with Gasteiger partial charge in [-0.1, -0.05) is 26.8 Å². The molecule has 0 heterocycles. The number of rotatable bonds is 6. The second-order valence-corrected chi connectivity index (χ2v) is 4.99. The summed E-state index contributed by atoms with van der Waals surface area (Å²) >= 11 is 0. The largest absolute Gasteiger partial charge is 0.481 e. The Hall–Kier alpha value is -1.52. The summed E-state index contributed by atoms with van der Waals surface area (Å²) in [5.41, 5.74) is -0.297. The summed E-state index contributed by atoms with van der Waals surface area (Å²) in [6, 6.07) is -0.739. The van der Waals surface area contributed by atoms with Crippen molar-refractivity contribution in [3.8, 4) is 0 Å². The molecule has 0 radical (unpaired) electrons. The zero-order valence-corrected chi connectivity index (χ0v) is 10.7. The average Bonchev–Trinajstić information content (AvgIpc) is 2.15. The molecule has 0 fully saturated rings. The van der Waals surface area contributed by atoms with E-state index in [0.29, 0.717) is 13.0 Å². The van der Waals surface area contributed by atoms with E-state index < -0.39 is 12.0 Å². The van der Waals surface area contributed by atoms with Crippen molar-refractivity contribution in [3.63, 3.8) is 0 Å². The molecule has 1 atom stereocenters. The van der Waals surface area contributed by atoms with E-state index in [4.69, 9.17) is 5.11 Å². The molecule has 0 bridgehead atoms. The van der Waals surface area contributed by atoms with Gasteiger partial charge in [0.15, 0.2) is 0 Å². The van der Waals surface area contributed by atoms with Crippen molar-refractivity contribution >= 4 is 12.0 Å². The first-order valence-corrected chi connectivity index (χ1v) is 5.64. The number of carboxylic acid groups (broad SMARTS) is 1. The molecule has 98 valence electrons. The third-order valence-electron chi connectivity index (χ3n) is 2.36. The van der Waals surface area contributed by atoms with Crippen molar-refractivity contribution in [1.29, 1.82) is 0 Å². The van der Waals surface area contributed by atoms with Crippen LogP contribution in [0.15, 0.2) is 12.7 Å². The monoisotopic (exact) mass is 242 g/mol. The SMILES string of the molecule is C=CCCNC(=O)NC(CC(=O)O)C(C)(C)C. The van der Waals surface area contributed by atoms with E-state index in [1.54, 1.807) is 6.08 Å². The lowest BCUT2D eigenvalue weighted by Gasteiger charge is -2.30. The fourth-order valence-corrected chi connectivity index (χ4v) is 1.25. The molecule has 0 rings (SSSR count). The van der Waals surface area contributed by atoms with Gasteiger partial charge in [0.1, 0.15) is 0 Å². The molecule has 0 aromatic carbocycles. The van der Waals surface area contributed by atoms with E-state index in [1.165, 1.54) is 0 Å². The minimum Gasteiger partial charge on any atom is -0.481 e. The third-order valence-corrected chi connectivity index (χ3v) is 2.36. The fraction of sp³-hybridized carbons (Fsp3) is 0.667. The Morgan fingerprint density at radius 3 is 2.41 bits per heavy atom. The van der Waals surface area contributed by atoms with E-state index in [-0.39, 0.29) is 17.9 Å². The maximum absolute atomic E-state index is 11.5. The number of carbonyl (C=O) groups is 2. The molecule has 0 aromatic rings. The highest BCUT2D eigenvalue weighted by Crippen LogP contribution is 2.21. The molecule has 0 aromatic heterocycles. The van der Waals surface area contributed by atoms with Gasteiger partial charge in [0.2, 0.25) is 0 Å². The van der Waals surface area contributed by atoms with Crippen molar-refractivity contribution < 1.29 is 14.7 Å². The normalized spacial score (nSPS) is 12.6. The molecule has 0 aliphatic heterocycles. The molecule has 2 amide bonds. The molecule has 0 saturated carbocycles. The summed E-state index contributed by atoms with van der Waals surface area (Å²) in [6.45, 7) is 9.73. The predicted molar refractivity (Wildman–Crippen MR) is 66.8 cm³/mol. The van der Waals surface area contributed by atoms with Crippen molar-refractivity contribution in [2.45, 2.75) is 39.7 Å². The van der Waals surface area contributed by atoms with Crippen LogP contribution < -0.4 is 10.6 Å². The summed E-state index contributed by atoms with van der Waals surface area (Å²) in [6.07, 6.45) is 2.31. The molecule has 1 unspecified atom stereocenters. The first kappa shape index (κ1) is 15.5. The Balaban J connectivity index is 4.28. The number of hydrogen-bond donors (Lipinski definition) is 3. The Kier molecular flexibility index (Phi) is 6.31. The molecular weight excluding hydrogens is 220 g/mol. The Morgan fingerprint density at radius 1 is 1.41 bits per heavy atom. The first-order chi connectivity index (χ1) is 7.77. The molecular formula is C12H22N2O3. The molecule has 0 saturated heterocycles. The first-order valence-electron chi connectivity index (χ1n) is 5.64. The van der Waals surface area contributed by atoms with Gasteiger partial charge in [-0.25, -0.2) is 4.79 Å². The summed E-state index contributed by atoms with van der Waals surface area (Å²) < 4.78 is 0. The van der Waals surface area contributed by atoms with E-state index >= 15 is 0 Å². The smallest absolute Gasteiger partial charge is 0.315 e. The molecule has 5 heteroatoms. The number of carboxylic acids is 1. The number of aliphatic carboxylic acids is 1. The molecule has 0 aliphatic rings. The van der Waals surface area contributed by atoms with Crippen LogP contribution in [0, 0.1) is 5.41 Å². The topological polar surface area (TPSA) is 78.4 Å². The minimum atomic E-state index is -0.920. The van der Waals surface area contributed by atoms with Gasteiger partial charge in [-0.15, -0.1) is 6.58 Å². The van der Waals surface area contributed by atoms with Gasteiger partial charge in [-0.3, -0.25) is 4.79 Å². The van der Waals surface area contributed by atoms with Gasteiger partial charge < -0.3 is 15.7 Å². The Labute approximate surface area is 102 Å². The molecule has 3 N–H and O–H groups in total. The summed E-state index contributed by atoms with van der Waals surface area (Å²) in [7, 11) is 0. The zero-order valence-electron chi connectivity index (χ0n) is 10.7. The van der Waals surface area contributed by atoms with E-state index in [9.17, 15) is 9.59 Å². The van der Waals surface area contributed by atoms with Gasteiger partial charge >= 0.3 is 12.0 Å².